The van der Waals surface area contributed by atoms with E-state index < -0.39 is 0 Å². The van der Waals surface area contributed by atoms with E-state index in [1.165, 1.54) is 0 Å². The van der Waals surface area contributed by atoms with Crippen LogP contribution in [0.2, 0.25) is 0 Å². The van der Waals surface area contributed by atoms with Gasteiger partial charge in [-0.3, -0.25) is 4.79 Å². The normalized spacial score (nSPS) is 10.7. The van der Waals surface area contributed by atoms with Gasteiger partial charge in [-0.15, -0.1) is 0 Å². The molecule has 0 aliphatic rings. The van der Waals surface area contributed by atoms with Crippen molar-refractivity contribution in [1.82, 2.24) is 0 Å². The molecule has 0 aromatic heterocycles. The third-order valence-electron chi connectivity index (χ3n) is 3.74. The van der Waals surface area contributed by atoms with E-state index in [9.17, 15) is 4.79 Å². The van der Waals surface area contributed by atoms with Gasteiger partial charge in [-0.05, 0) is 78.3 Å². The smallest absolute Gasteiger partial charge is 0.255 e. The number of ether oxygens (including phenoxy) is 2. The van der Waals surface area contributed by atoms with E-state index in [1.54, 1.807) is 6.07 Å². The summed E-state index contributed by atoms with van der Waals surface area (Å²) in [4.78, 5) is 12.8. The second-order valence-electron chi connectivity index (χ2n) is 5.99. The van der Waals surface area contributed by atoms with Crippen molar-refractivity contribution in [3.63, 3.8) is 0 Å². The molecule has 2 aromatic rings. The SMILES string of the molecule is CCOc1cc(C(=O)Nc2ccc(Br)cc2C(C)C)cc(I)c1OCC. The van der Waals surface area contributed by atoms with Crippen molar-refractivity contribution in [2.75, 3.05) is 18.5 Å². The molecule has 4 nitrogen and oxygen atoms in total. The average molecular weight is 532 g/mol. The lowest BCUT2D eigenvalue weighted by atomic mass is 10.0. The van der Waals surface area contributed by atoms with Crippen molar-refractivity contribution >= 4 is 50.1 Å². The van der Waals surface area contributed by atoms with Crippen molar-refractivity contribution in [2.24, 2.45) is 0 Å². The Labute approximate surface area is 176 Å². The lowest BCUT2D eigenvalue weighted by Gasteiger charge is -2.16. The number of amides is 1. The molecule has 2 aromatic carbocycles. The van der Waals surface area contributed by atoms with Gasteiger partial charge in [0.05, 0.1) is 16.8 Å². The molecule has 0 saturated carbocycles. The van der Waals surface area contributed by atoms with Crippen LogP contribution in [-0.4, -0.2) is 19.1 Å². The van der Waals surface area contributed by atoms with E-state index in [2.05, 4.69) is 57.7 Å². The molecule has 2 rings (SSSR count). The summed E-state index contributed by atoms with van der Waals surface area (Å²) in [6, 6.07) is 9.43. The van der Waals surface area contributed by atoms with Crippen LogP contribution >= 0.6 is 38.5 Å². The number of nitrogens with one attached hydrogen (secondary N) is 1. The summed E-state index contributed by atoms with van der Waals surface area (Å²) in [5, 5.41) is 3.02. The molecule has 1 amide bonds. The predicted octanol–water partition coefficient (Wildman–Crippen LogP) is 6.23. The zero-order valence-electron chi connectivity index (χ0n) is 15.4. The van der Waals surface area contributed by atoms with Crippen LogP contribution in [0.15, 0.2) is 34.8 Å². The van der Waals surface area contributed by atoms with E-state index in [0.717, 1.165) is 19.3 Å². The highest BCUT2D eigenvalue weighted by molar-refractivity contribution is 14.1. The highest BCUT2D eigenvalue weighted by Crippen LogP contribution is 2.35. The summed E-state index contributed by atoms with van der Waals surface area (Å²) in [7, 11) is 0. The second-order valence-corrected chi connectivity index (χ2v) is 8.07. The standard InChI is InChI=1S/C20H23BrINO3/c1-5-25-18-10-13(9-16(22)19(18)26-6-2)20(24)23-17-8-7-14(21)11-15(17)12(3)4/h7-12H,5-6H2,1-4H3,(H,23,24). The summed E-state index contributed by atoms with van der Waals surface area (Å²) >= 11 is 5.66. The minimum absolute atomic E-state index is 0.170. The second kappa shape index (κ2) is 9.60. The van der Waals surface area contributed by atoms with Gasteiger partial charge in [-0.1, -0.05) is 29.8 Å². The van der Waals surface area contributed by atoms with Gasteiger partial charge in [-0.2, -0.15) is 0 Å². The molecule has 26 heavy (non-hydrogen) atoms. The number of hydrogen-bond donors (Lipinski definition) is 1. The molecular formula is C20H23BrINO3. The maximum absolute atomic E-state index is 12.8. The zero-order chi connectivity index (χ0) is 19.3. The Morgan fingerprint density at radius 3 is 2.46 bits per heavy atom. The topological polar surface area (TPSA) is 47.6 Å². The third-order valence-corrected chi connectivity index (χ3v) is 5.04. The molecule has 0 fully saturated rings. The molecule has 0 aliphatic heterocycles. The van der Waals surface area contributed by atoms with E-state index >= 15 is 0 Å². The van der Waals surface area contributed by atoms with Gasteiger partial charge in [-0.25, -0.2) is 0 Å². The fraction of sp³-hybridized carbons (Fsp3) is 0.350. The Hall–Kier alpha value is -1.28. The Balaban J connectivity index is 2.36. The van der Waals surface area contributed by atoms with Crippen LogP contribution in [0.25, 0.3) is 0 Å². The molecule has 0 bridgehead atoms. The molecule has 0 aliphatic carbocycles. The average Bonchev–Trinajstić information content (AvgIpc) is 2.59. The van der Waals surface area contributed by atoms with Gasteiger partial charge in [0, 0.05) is 15.7 Å². The molecule has 0 radical (unpaired) electrons. The van der Waals surface area contributed by atoms with Gasteiger partial charge in [0.2, 0.25) is 0 Å². The molecule has 0 saturated heterocycles. The number of carbonyl (C=O) groups excluding carboxylic acids is 1. The zero-order valence-corrected chi connectivity index (χ0v) is 19.1. The van der Waals surface area contributed by atoms with Crippen LogP contribution < -0.4 is 14.8 Å². The molecule has 0 atom stereocenters. The molecule has 0 unspecified atom stereocenters. The first kappa shape index (κ1) is 21.0. The summed E-state index contributed by atoms with van der Waals surface area (Å²) in [5.74, 6) is 1.39. The molecule has 0 heterocycles. The molecule has 140 valence electrons. The summed E-state index contributed by atoms with van der Waals surface area (Å²) < 4.78 is 13.2. The summed E-state index contributed by atoms with van der Waals surface area (Å²) in [6.07, 6.45) is 0. The van der Waals surface area contributed by atoms with Crippen molar-refractivity contribution in [2.45, 2.75) is 33.6 Å². The molecular weight excluding hydrogens is 509 g/mol. The predicted molar refractivity (Wildman–Crippen MR) is 118 cm³/mol. The number of rotatable bonds is 7. The van der Waals surface area contributed by atoms with Crippen molar-refractivity contribution < 1.29 is 14.3 Å². The largest absolute Gasteiger partial charge is 0.490 e. The van der Waals surface area contributed by atoms with Crippen LogP contribution in [0.1, 0.15) is 49.5 Å². The fourth-order valence-electron chi connectivity index (χ4n) is 2.57. The molecule has 0 spiro atoms. The first-order valence-corrected chi connectivity index (χ1v) is 10.4. The van der Waals surface area contributed by atoms with Gasteiger partial charge < -0.3 is 14.8 Å². The number of anilines is 1. The Kier molecular flexibility index (Phi) is 7.76. The lowest BCUT2D eigenvalue weighted by molar-refractivity contribution is 0.102. The first-order chi connectivity index (χ1) is 12.4. The molecule has 1 N–H and O–H groups in total. The summed E-state index contributed by atoms with van der Waals surface area (Å²) in [6.45, 7) is 9.08. The van der Waals surface area contributed by atoms with Crippen LogP contribution in [0.3, 0.4) is 0 Å². The van der Waals surface area contributed by atoms with Crippen molar-refractivity contribution in [1.29, 1.82) is 0 Å². The highest BCUT2D eigenvalue weighted by atomic mass is 127. The lowest BCUT2D eigenvalue weighted by Crippen LogP contribution is -2.14. The molecule has 6 heteroatoms. The van der Waals surface area contributed by atoms with Crippen molar-refractivity contribution in [3.8, 4) is 11.5 Å². The monoisotopic (exact) mass is 531 g/mol. The number of halogens is 2. The van der Waals surface area contributed by atoms with E-state index in [1.807, 2.05) is 38.1 Å². The number of benzene rings is 2. The van der Waals surface area contributed by atoms with Gasteiger partial charge in [0.15, 0.2) is 11.5 Å². The maximum Gasteiger partial charge on any atom is 0.255 e. The minimum Gasteiger partial charge on any atom is -0.490 e. The van der Waals surface area contributed by atoms with Crippen LogP contribution in [0, 0.1) is 3.57 Å². The number of hydrogen-bond acceptors (Lipinski definition) is 3. The van der Waals surface area contributed by atoms with E-state index in [-0.39, 0.29) is 5.91 Å². The number of carbonyl (C=O) groups is 1. The highest BCUT2D eigenvalue weighted by Gasteiger charge is 2.17. The quantitative estimate of drug-likeness (QED) is 0.431. The Morgan fingerprint density at radius 2 is 1.85 bits per heavy atom. The van der Waals surface area contributed by atoms with Crippen LogP contribution in [0.4, 0.5) is 5.69 Å². The van der Waals surface area contributed by atoms with Crippen LogP contribution in [-0.2, 0) is 0 Å². The fourth-order valence-corrected chi connectivity index (χ4v) is 3.70. The maximum atomic E-state index is 12.8. The van der Waals surface area contributed by atoms with E-state index in [0.29, 0.717) is 36.2 Å². The third kappa shape index (κ3) is 5.13. The Morgan fingerprint density at radius 1 is 1.15 bits per heavy atom. The van der Waals surface area contributed by atoms with Gasteiger partial charge >= 0.3 is 0 Å². The van der Waals surface area contributed by atoms with Gasteiger partial charge in [0.25, 0.3) is 5.91 Å². The van der Waals surface area contributed by atoms with E-state index in [4.69, 9.17) is 9.47 Å². The summed E-state index contributed by atoms with van der Waals surface area (Å²) in [5.41, 5.74) is 2.44. The van der Waals surface area contributed by atoms with Crippen molar-refractivity contribution in [3.05, 3.63) is 49.5 Å². The van der Waals surface area contributed by atoms with Crippen LogP contribution in [0.5, 0.6) is 11.5 Å². The first-order valence-electron chi connectivity index (χ1n) is 8.57. The Bertz CT molecular complexity index is 793. The minimum atomic E-state index is -0.170. The van der Waals surface area contributed by atoms with Gasteiger partial charge in [0.1, 0.15) is 0 Å².